The summed E-state index contributed by atoms with van der Waals surface area (Å²) in [5, 5.41) is 0. The second kappa shape index (κ2) is 12.0. The van der Waals surface area contributed by atoms with Gasteiger partial charge in [0.2, 0.25) is 0 Å². The second-order valence-electron chi connectivity index (χ2n) is 4.12. The molecule has 118 valence electrons. The highest BCUT2D eigenvalue weighted by Gasteiger charge is 2.41. The minimum absolute atomic E-state index is 0.0984. The molecule has 3 N–H and O–H groups in total. The number of hydrogen-bond acceptors (Lipinski definition) is 5. The molecule has 7 heteroatoms. The van der Waals surface area contributed by atoms with Gasteiger partial charge in [0, 0.05) is 44.3 Å². The molecule has 0 spiro atoms. The van der Waals surface area contributed by atoms with Crippen molar-refractivity contribution >= 4 is 8.80 Å². The van der Waals surface area contributed by atoms with E-state index in [-0.39, 0.29) is 6.04 Å². The van der Waals surface area contributed by atoms with Crippen LogP contribution in [0.15, 0.2) is 18.7 Å². The molecule has 6 nitrogen and oxygen atoms in total. The number of aromatic amines is 1. The maximum atomic E-state index is 5.94. The molecular formula is C13H29N3O3Si. The molecule has 0 saturated carbocycles. The van der Waals surface area contributed by atoms with E-state index in [4.69, 9.17) is 19.0 Å². The highest BCUT2D eigenvalue weighted by Crippen LogP contribution is 2.18. The Kier molecular flexibility index (Phi) is 11.6. The number of H-pyrrole nitrogens is 1. The van der Waals surface area contributed by atoms with E-state index in [2.05, 4.69) is 16.9 Å². The van der Waals surface area contributed by atoms with Crippen LogP contribution in [0.4, 0.5) is 0 Å². The van der Waals surface area contributed by atoms with Gasteiger partial charge in [-0.15, -0.1) is 0 Å². The van der Waals surface area contributed by atoms with E-state index in [0.717, 1.165) is 6.42 Å². The summed E-state index contributed by atoms with van der Waals surface area (Å²) < 4.78 is 17.1. The van der Waals surface area contributed by atoms with Crippen LogP contribution >= 0.6 is 0 Å². The van der Waals surface area contributed by atoms with Gasteiger partial charge in [0.1, 0.15) is 0 Å². The molecule has 20 heavy (non-hydrogen) atoms. The Balaban J connectivity index is 0.000000595. The summed E-state index contributed by atoms with van der Waals surface area (Å²) >= 11 is 0. The maximum Gasteiger partial charge on any atom is 0.502 e. The summed E-state index contributed by atoms with van der Waals surface area (Å²) in [7, 11) is -2.50. The van der Waals surface area contributed by atoms with E-state index in [0.29, 0.717) is 25.9 Å². The average Bonchev–Trinajstić information content (AvgIpc) is 2.98. The molecule has 0 aliphatic carbocycles. The van der Waals surface area contributed by atoms with Crippen LogP contribution in [0.25, 0.3) is 0 Å². The van der Waals surface area contributed by atoms with E-state index in [1.54, 1.807) is 18.7 Å². The number of aromatic nitrogens is 2. The third-order valence-corrected chi connectivity index (χ3v) is 5.75. The maximum absolute atomic E-state index is 5.94. The number of rotatable bonds is 9. The van der Waals surface area contributed by atoms with Crippen molar-refractivity contribution in [2.75, 3.05) is 19.8 Å². The monoisotopic (exact) mass is 303 g/mol. The fraction of sp³-hybridized carbons (Fsp3) is 0.769. The van der Waals surface area contributed by atoms with Crippen molar-refractivity contribution in [2.24, 2.45) is 5.73 Å². The van der Waals surface area contributed by atoms with Gasteiger partial charge in [-0.3, -0.25) is 0 Å². The molecule has 0 aliphatic rings. The van der Waals surface area contributed by atoms with Gasteiger partial charge in [-0.1, -0.05) is 6.92 Å². The van der Waals surface area contributed by atoms with Gasteiger partial charge in [0.05, 0.1) is 6.33 Å². The zero-order valence-corrected chi connectivity index (χ0v) is 14.1. The lowest BCUT2D eigenvalue weighted by molar-refractivity contribution is 0.0695. The summed E-state index contributed by atoms with van der Waals surface area (Å²) in [6.07, 6.45) is 6.00. The molecule has 1 unspecified atom stereocenters. The summed E-state index contributed by atoms with van der Waals surface area (Å²) in [6, 6.07) is 0.806. The standard InChI is InChI=1S/C10H25NO3Si.C3H4N2/c1-5-10(11)9-15(12-6-2,13-7-3)14-8-4;1-2-5-3-4-1/h10H,5-9,11H2,1-4H3;1-3H,(H,4,5). The molecule has 0 amide bonds. The summed E-state index contributed by atoms with van der Waals surface area (Å²) in [5.74, 6) is 0. The number of hydrogen-bond donors (Lipinski definition) is 2. The topological polar surface area (TPSA) is 82.4 Å². The lowest BCUT2D eigenvalue weighted by Gasteiger charge is -2.30. The Labute approximate surface area is 123 Å². The highest BCUT2D eigenvalue weighted by atomic mass is 28.4. The molecule has 1 heterocycles. The van der Waals surface area contributed by atoms with Crippen molar-refractivity contribution in [2.45, 2.75) is 46.2 Å². The van der Waals surface area contributed by atoms with Gasteiger partial charge >= 0.3 is 8.80 Å². The molecule has 0 fully saturated rings. The Morgan fingerprint density at radius 3 is 1.90 bits per heavy atom. The van der Waals surface area contributed by atoms with Crippen LogP contribution in [0.5, 0.6) is 0 Å². The van der Waals surface area contributed by atoms with Crippen LogP contribution in [-0.4, -0.2) is 44.6 Å². The van der Waals surface area contributed by atoms with E-state index < -0.39 is 8.80 Å². The summed E-state index contributed by atoms with van der Waals surface area (Å²) in [4.78, 5) is 6.42. The van der Waals surface area contributed by atoms with Gasteiger partial charge in [-0.25, -0.2) is 4.98 Å². The zero-order valence-electron chi connectivity index (χ0n) is 13.1. The number of imidazole rings is 1. The van der Waals surface area contributed by atoms with Crippen LogP contribution in [0.1, 0.15) is 34.1 Å². The molecule has 0 aromatic carbocycles. The minimum atomic E-state index is -2.50. The molecule has 0 radical (unpaired) electrons. The fourth-order valence-corrected chi connectivity index (χ4v) is 4.50. The normalized spacial score (nSPS) is 12.7. The Bertz CT molecular complexity index is 265. The van der Waals surface area contributed by atoms with E-state index in [9.17, 15) is 0 Å². The van der Waals surface area contributed by atoms with Gasteiger partial charge in [-0.2, -0.15) is 0 Å². The van der Waals surface area contributed by atoms with Gasteiger partial charge in [-0.05, 0) is 27.2 Å². The minimum Gasteiger partial charge on any atom is -0.374 e. The average molecular weight is 303 g/mol. The summed E-state index contributed by atoms with van der Waals surface area (Å²) in [6.45, 7) is 9.77. The third-order valence-electron chi connectivity index (χ3n) is 2.54. The van der Waals surface area contributed by atoms with E-state index >= 15 is 0 Å². The lowest BCUT2D eigenvalue weighted by atomic mass is 10.3. The zero-order chi connectivity index (χ0) is 15.3. The molecule has 0 aliphatic heterocycles. The fourth-order valence-electron chi connectivity index (χ4n) is 1.64. The Morgan fingerprint density at radius 2 is 1.65 bits per heavy atom. The smallest absolute Gasteiger partial charge is 0.374 e. The van der Waals surface area contributed by atoms with Crippen LogP contribution in [0.3, 0.4) is 0 Å². The lowest BCUT2D eigenvalue weighted by Crippen LogP contribution is -2.49. The second-order valence-corrected chi connectivity index (χ2v) is 6.76. The predicted octanol–water partition coefficient (Wildman–Crippen LogP) is 2.18. The van der Waals surface area contributed by atoms with Crippen LogP contribution < -0.4 is 5.73 Å². The van der Waals surface area contributed by atoms with E-state index in [1.807, 2.05) is 20.8 Å². The van der Waals surface area contributed by atoms with Gasteiger partial charge in [0.25, 0.3) is 0 Å². The molecule has 1 aromatic heterocycles. The van der Waals surface area contributed by atoms with E-state index in [1.165, 1.54) is 0 Å². The SMILES string of the molecule is CCO[Si](CC(N)CC)(OCC)OCC.c1c[nH]cn1. The van der Waals surface area contributed by atoms with Crippen molar-refractivity contribution in [1.82, 2.24) is 9.97 Å². The predicted molar refractivity (Wildman–Crippen MR) is 82.3 cm³/mol. The largest absolute Gasteiger partial charge is 0.502 e. The number of nitrogens with two attached hydrogens (primary N) is 1. The molecular weight excluding hydrogens is 274 g/mol. The number of nitrogens with zero attached hydrogens (tertiary/aromatic N) is 1. The first-order valence-electron chi connectivity index (χ1n) is 7.24. The van der Waals surface area contributed by atoms with Crippen LogP contribution in [0, 0.1) is 0 Å². The van der Waals surface area contributed by atoms with Crippen molar-refractivity contribution < 1.29 is 13.3 Å². The first kappa shape index (κ1) is 19.3. The first-order valence-corrected chi connectivity index (χ1v) is 9.17. The van der Waals surface area contributed by atoms with Crippen molar-refractivity contribution in [3.8, 4) is 0 Å². The van der Waals surface area contributed by atoms with Gasteiger partial charge in [0.15, 0.2) is 0 Å². The van der Waals surface area contributed by atoms with Gasteiger partial charge < -0.3 is 24.0 Å². The van der Waals surface area contributed by atoms with Crippen LogP contribution in [-0.2, 0) is 13.3 Å². The highest BCUT2D eigenvalue weighted by molar-refractivity contribution is 6.60. The quantitative estimate of drug-likeness (QED) is 0.683. The van der Waals surface area contributed by atoms with Crippen molar-refractivity contribution in [3.05, 3.63) is 18.7 Å². The third kappa shape index (κ3) is 8.44. The van der Waals surface area contributed by atoms with Crippen molar-refractivity contribution in [3.63, 3.8) is 0 Å². The number of nitrogens with one attached hydrogen (secondary N) is 1. The molecule has 1 aromatic rings. The Hall–Kier alpha value is -0.733. The Morgan fingerprint density at radius 1 is 1.10 bits per heavy atom. The van der Waals surface area contributed by atoms with Crippen molar-refractivity contribution in [1.29, 1.82) is 0 Å². The summed E-state index contributed by atoms with van der Waals surface area (Å²) in [5.41, 5.74) is 5.94. The first-order chi connectivity index (χ1) is 9.64. The molecule has 0 bridgehead atoms. The molecule has 1 atom stereocenters. The molecule has 1 rings (SSSR count). The van der Waals surface area contributed by atoms with Crippen LogP contribution in [0.2, 0.25) is 6.04 Å². The molecule has 0 saturated heterocycles.